The van der Waals surface area contributed by atoms with Crippen LogP contribution in [0.2, 0.25) is 0 Å². The molecule has 0 fully saturated rings. The van der Waals surface area contributed by atoms with E-state index in [1.165, 1.54) is 68.0 Å². The normalized spacial score (nSPS) is 11.2. The summed E-state index contributed by atoms with van der Waals surface area (Å²) in [6.45, 7) is 3.96. The molecule has 0 atom stereocenters. The minimum Gasteiger partial charge on any atom is -0.356 e. The van der Waals surface area contributed by atoms with Gasteiger partial charge in [-0.15, -0.1) is 0 Å². The number of fused-ring (bicyclic) bond motifs is 1. The van der Waals surface area contributed by atoms with Gasteiger partial charge in [0, 0.05) is 19.5 Å². The van der Waals surface area contributed by atoms with Gasteiger partial charge in [0.05, 0.1) is 17.5 Å². The Morgan fingerprint density at radius 2 is 1.39 bits per heavy atom. The van der Waals surface area contributed by atoms with Gasteiger partial charge in [0.15, 0.2) is 0 Å². The number of unbranched alkanes of at least 4 members (excludes halogenated alkanes) is 7. The van der Waals surface area contributed by atoms with Gasteiger partial charge in [-0.25, -0.2) is 4.98 Å². The first-order valence-electron chi connectivity index (χ1n) is 14.6. The van der Waals surface area contributed by atoms with Crippen LogP contribution in [-0.4, -0.2) is 22.0 Å². The van der Waals surface area contributed by atoms with Crippen molar-refractivity contribution in [2.24, 2.45) is 0 Å². The van der Waals surface area contributed by atoms with E-state index in [9.17, 15) is 4.79 Å². The summed E-state index contributed by atoms with van der Waals surface area (Å²) in [5, 5.41) is 3.11. The highest BCUT2D eigenvalue weighted by molar-refractivity contribution is 5.79. The molecule has 0 unspecified atom stereocenters. The molecule has 0 aliphatic carbocycles. The van der Waals surface area contributed by atoms with Crippen LogP contribution in [0.1, 0.15) is 76.1 Å². The molecule has 1 N–H and O–H groups in total. The van der Waals surface area contributed by atoms with Crippen molar-refractivity contribution < 1.29 is 4.79 Å². The minimum atomic E-state index is 0.0740. The van der Waals surface area contributed by atoms with Crippen LogP contribution in [0.5, 0.6) is 0 Å². The summed E-state index contributed by atoms with van der Waals surface area (Å²) in [5.41, 5.74) is 5.70. The second-order valence-electron chi connectivity index (χ2n) is 10.3. The van der Waals surface area contributed by atoms with Crippen LogP contribution in [-0.2, 0) is 24.2 Å². The Labute approximate surface area is 228 Å². The highest BCUT2D eigenvalue weighted by Gasteiger charge is 2.11. The van der Waals surface area contributed by atoms with Gasteiger partial charge in [-0.05, 0) is 41.7 Å². The lowest BCUT2D eigenvalue weighted by Crippen LogP contribution is -2.26. The number of aryl methyl sites for hydroxylation is 2. The molecule has 3 aromatic carbocycles. The molecule has 4 aromatic rings. The number of carbonyl (C=O) groups excluding carboxylic acids is 1. The maximum absolute atomic E-state index is 12.5. The lowest BCUT2D eigenvalue weighted by atomic mass is 10.0. The Morgan fingerprint density at radius 1 is 0.737 bits per heavy atom. The first kappa shape index (κ1) is 27.6. The Balaban J connectivity index is 1.21. The number of para-hydroxylation sites is 2. The van der Waals surface area contributed by atoms with Crippen molar-refractivity contribution in [2.45, 2.75) is 84.1 Å². The zero-order valence-corrected chi connectivity index (χ0v) is 23.0. The molecule has 1 amide bonds. The van der Waals surface area contributed by atoms with Gasteiger partial charge in [-0.2, -0.15) is 0 Å². The van der Waals surface area contributed by atoms with Gasteiger partial charge in [0.25, 0.3) is 0 Å². The molecule has 0 bridgehead atoms. The van der Waals surface area contributed by atoms with Crippen LogP contribution in [0, 0.1) is 0 Å². The lowest BCUT2D eigenvalue weighted by molar-refractivity contribution is -0.120. The fourth-order valence-corrected chi connectivity index (χ4v) is 5.14. The largest absolute Gasteiger partial charge is 0.356 e. The molecule has 1 heterocycles. The average Bonchev–Trinajstić information content (AvgIpc) is 3.30. The van der Waals surface area contributed by atoms with Gasteiger partial charge in [-0.3, -0.25) is 4.79 Å². The number of carbonyl (C=O) groups is 1. The van der Waals surface area contributed by atoms with E-state index in [0.29, 0.717) is 13.0 Å². The number of amides is 1. The molecule has 38 heavy (non-hydrogen) atoms. The molecule has 0 radical (unpaired) electrons. The van der Waals surface area contributed by atoms with Crippen LogP contribution >= 0.6 is 0 Å². The predicted octanol–water partition coefficient (Wildman–Crippen LogP) is 8.14. The lowest BCUT2D eigenvalue weighted by Gasteiger charge is -2.10. The van der Waals surface area contributed by atoms with Crippen molar-refractivity contribution in [1.29, 1.82) is 0 Å². The molecule has 0 saturated heterocycles. The number of hydrogen-bond donors (Lipinski definition) is 1. The van der Waals surface area contributed by atoms with Crippen molar-refractivity contribution in [3.63, 3.8) is 0 Å². The zero-order valence-electron chi connectivity index (χ0n) is 23.0. The number of nitrogens with one attached hydrogen (secondary N) is 1. The summed E-state index contributed by atoms with van der Waals surface area (Å²) in [7, 11) is 0. The number of imidazole rings is 1. The fourth-order valence-electron chi connectivity index (χ4n) is 5.14. The van der Waals surface area contributed by atoms with Gasteiger partial charge in [0.1, 0.15) is 5.82 Å². The maximum atomic E-state index is 12.5. The highest BCUT2D eigenvalue weighted by atomic mass is 16.1. The third kappa shape index (κ3) is 8.31. The fraction of sp³-hybridized carbons (Fsp3) is 0.412. The molecule has 200 valence electrons. The zero-order chi connectivity index (χ0) is 26.4. The topological polar surface area (TPSA) is 46.9 Å². The molecule has 4 nitrogen and oxygen atoms in total. The summed E-state index contributed by atoms with van der Waals surface area (Å²) >= 11 is 0. The van der Waals surface area contributed by atoms with Crippen LogP contribution in [0.4, 0.5) is 0 Å². The Hall–Kier alpha value is -3.40. The summed E-state index contributed by atoms with van der Waals surface area (Å²) in [6.07, 6.45) is 12.8. The molecule has 1 aromatic heterocycles. The SMILES string of the molecule is CCCCCCCCCCn1c(CCCNC(=O)Cc2ccc(-c3ccccc3)cc2)nc2ccccc21. The second-order valence-corrected chi connectivity index (χ2v) is 10.3. The number of nitrogens with zero attached hydrogens (tertiary/aromatic N) is 2. The van der Waals surface area contributed by atoms with Gasteiger partial charge < -0.3 is 9.88 Å². The molecule has 4 heteroatoms. The van der Waals surface area contributed by atoms with E-state index in [4.69, 9.17) is 4.98 Å². The van der Waals surface area contributed by atoms with Crippen LogP contribution in [0.3, 0.4) is 0 Å². The van der Waals surface area contributed by atoms with Crippen molar-refractivity contribution in [2.75, 3.05) is 6.54 Å². The maximum Gasteiger partial charge on any atom is 0.224 e. The summed E-state index contributed by atoms with van der Waals surface area (Å²) in [4.78, 5) is 17.5. The van der Waals surface area contributed by atoms with Gasteiger partial charge in [-0.1, -0.05) is 119 Å². The Kier molecular flexibility index (Phi) is 11.0. The first-order valence-corrected chi connectivity index (χ1v) is 14.6. The average molecular weight is 510 g/mol. The number of rotatable bonds is 16. The number of aromatic nitrogens is 2. The second kappa shape index (κ2) is 15.1. The van der Waals surface area contributed by atoms with Crippen LogP contribution in [0.15, 0.2) is 78.9 Å². The molecule has 0 aliphatic rings. The molecule has 0 saturated carbocycles. The Bertz CT molecular complexity index is 1240. The van der Waals surface area contributed by atoms with E-state index in [1.807, 2.05) is 18.2 Å². The van der Waals surface area contributed by atoms with E-state index in [0.717, 1.165) is 36.3 Å². The smallest absolute Gasteiger partial charge is 0.224 e. The molecule has 0 aliphatic heterocycles. The van der Waals surface area contributed by atoms with Crippen LogP contribution < -0.4 is 5.32 Å². The summed E-state index contributed by atoms with van der Waals surface area (Å²) in [6, 6.07) is 27.1. The number of hydrogen-bond acceptors (Lipinski definition) is 2. The summed E-state index contributed by atoms with van der Waals surface area (Å²) < 4.78 is 2.41. The molecule has 0 spiro atoms. The minimum absolute atomic E-state index is 0.0740. The molecular weight excluding hydrogens is 466 g/mol. The molecular formula is C34H43N3O. The Morgan fingerprint density at radius 3 is 2.16 bits per heavy atom. The number of benzene rings is 3. The van der Waals surface area contributed by atoms with Crippen molar-refractivity contribution in [3.8, 4) is 11.1 Å². The van der Waals surface area contributed by atoms with E-state index in [2.05, 4.69) is 77.5 Å². The third-order valence-corrected chi connectivity index (χ3v) is 7.29. The van der Waals surface area contributed by atoms with Gasteiger partial charge >= 0.3 is 0 Å². The summed E-state index contributed by atoms with van der Waals surface area (Å²) in [5.74, 6) is 1.21. The van der Waals surface area contributed by atoms with E-state index in [1.54, 1.807) is 0 Å². The predicted molar refractivity (Wildman–Crippen MR) is 159 cm³/mol. The van der Waals surface area contributed by atoms with Crippen LogP contribution in [0.25, 0.3) is 22.2 Å². The van der Waals surface area contributed by atoms with E-state index >= 15 is 0 Å². The third-order valence-electron chi connectivity index (χ3n) is 7.29. The van der Waals surface area contributed by atoms with Crippen molar-refractivity contribution in [1.82, 2.24) is 14.9 Å². The quantitative estimate of drug-likeness (QED) is 0.155. The van der Waals surface area contributed by atoms with E-state index < -0.39 is 0 Å². The van der Waals surface area contributed by atoms with Gasteiger partial charge in [0.2, 0.25) is 5.91 Å². The highest BCUT2D eigenvalue weighted by Crippen LogP contribution is 2.20. The van der Waals surface area contributed by atoms with Crippen molar-refractivity contribution >= 4 is 16.9 Å². The monoisotopic (exact) mass is 509 g/mol. The van der Waals surface area contributed by atoms with E-state index in [-0.39, 0.29) is 5.91 Å². The molecule has 4 rings (SSSR count). The first-order chi connectivity index (χ1) is 18.7. The van der Waals surface area contributed by atoms with Crippen molar-refractivity contribution in [3.05, 3.63) is 90.3 Å². The standard InChI is InChI=1S/C34H43N3O/c1-2-3-4-5-6-7-8-14-26-37-32-19-13-12-18-31(32)36-33(37)20-15-25-35-34(38)27-28-21-23-30(24-22-28)29-16-10-9-11-17-29/h9-13,16-19,21-24H,2-8,14-15,20,25-27H2,1H3,(H,35,38).